The molecule has 1 N–H and O–H groups in total. The zero-order valence-electron chi connectivity index (χ0n) is 19.1. The molecule has 0 aromatic heterocycles. The van der Waals surface area contributed by atoms with Crippen molar-refractivity contribution in [3.05, 3.63) is 57.6 Å². The summed E-state index contributed by atoms with van der Waals surface area (Å²) >= 11 is 0. The number of nitrogens with one attached hydrogen (secondary N) is 1. The summed E-state index contributed by atoms with van der Waals surface area (Å²) in [5, 5.41) is 14.3. The molecule has 0 unspecified atom stereocenters. The Balaban J connectivity index is 1.29. The van der Waals surface area contributed by atoms with Crippen LogP contribution in [0.15, 0.2) is 36.4 Å². The Morgan fingerprint density at radius 3 is 2.55 bits per heavy atom. The molecule has 33 heavy (non-hydrogen) atoms. The van der Waals surface area contributed by atoms with Gasteiger partial charge in [0.2, 0.25) is 5.91 Å². The smallest absolute Gasteiger partial charge is 0.311 e. The van der Waals surface area contributed by atoms with Crippen LogP contribution in [0.2, 0.25) is 0 Å². The number of piperidine rings is 1. The Kier molecular flexibility index (Phi) is 5.72. The molecule has 3 fully saturated rings. The predicted octanol–water partition coefficient (Wildman–Crippen LogP) is 5.40. The molecule has 1 saturated heterocycles. The van der Waals surface area contributed by atoms with Gasteiger partial charge in [-0.2, -0.15) is 0 Å². The van der Waals surface area contributed by atoms with Gasteiger partial charge in [0.05, 0.1) is 17.4 Å². The quantitative estimate of drug-likeness (QED) is 0.452. The van der Waals surface area contributed by atoms with Crippen LogP contribution in [0.5, 0.6) is 5.75 Å². The van der Waals surface area contributed by atoms with Gasteiger partial charge in [0.1, 0.15) is 0 Å². The minimum atomic E-state index is -0.442. The van der Waals surface area contributed by atoms with Gasteiger partial charge in [-0.05, 0) is 80.5 Å². The van der Waals surface area contributed by atoms with Crippen molar-refractivity contribution in [3.63, 3.8) is 0 Å². The number of nitro groups is 1. The lowest BCUT2D eigenvalue weighted by atomic mass is 9.92. The number of aryl methyl sites for hydroxylation is 1. The normalized spacial score (nSPS) is 19.1. The van der Waals surface area contributed by atoms with Gasteiger partial charge in [-0.25, -0.2) is 0 Å². The topological polar surface area (TPSA) is 84.7 Å². The molecule has 2 saturated carbocycles. The number of benzene rings is 2. The molecule has 7 heteroatoms. The zero-order chi connectivity index (χ0) is 23.0. The summed E-state index contributed by atoms with van der Waals surface area (Å²) in [6.07, 6.45) is 8.36. The van der Waals surface area contributed by atoms with Crippen molar-refractivity contribution in [2.75, 3.05) is 23.3 Å². The number of carbonyl (C=O) groups excluding carboxylic acids is 1. The molecule has 2 aromatic rings. The van der Waals surface area contributed by atoms with Crippen LogP contribution in [0.1, 0.15) is 56.1 Å². The standard InChI is InChI=1S/C26H31N3O4/c1-18-5-6-19(23(15-18)28-13-11-26(9-10-26)12-14-28)16-25(30)27-20-7-8-22(29(31)32)24(17-20)33-21-3-2-4-21/h5-8,15,17,21H,2-4,9-14,16H2,1H3,(H,27,30). The van der Waals surface area contributed by atoms with Gasteiger partial charge >= 0.3 is 5.69 Å². The largest absolute Gasteiger partial charge is 0.483 e. The Morgan fingerprint density at radius 2 is 1.91 bits per heavy atom. The summed E-state index contributed by atoms with van der Waals surface area (Å²) in [6, 6.07) is 10.8. The SMILES string of the molecule is Cc1ccc(CC(=O)Nc2ccc([N+](=O)[O-])c(OC3CCC3)c2)c(N2CCC3(CC2)CC3)c1. The first-order valence-electron chi connectivity index (χ1n) is 12.0. The maximum Gasteiger partial charge on any atom is 0.311 e. The highest BCUT2D eigenvalue weighted by Crippen LogP contribution is 2.54. The minimum absolute atomic E-state index is 0.0177. The van der Waals surface area contributed by atoms with Crippen molar-refractivity contribution < 1.29 is 14.5 Å². The molecule has 2 aliphatic carbocycles. The fraction of sp³-hybridized carbons (Fsp3) is 0.500. The maximum absolute atomic E-state index is 12.9. The van der Waals surface area contributed by atoms with Crippen LogP contribution < -0.4 is 15.0 Å². The van der Waals surface area contributed by atoms with Gasteiger partial charge in [0.15, 0.2) is 5.75 Å². The van der Waals surface area contributed by atoms with E-state index in [-0.39, 0.29) is 29.9 Å². The predicted molar refractivity (Wildman–Crippen MR) is 128 cm³/mol. The lowest BCUT2D eigenvalue weighted by Gasteiger charge is -2.35. The highest BCUT2D eigenvalue weighted by Gasteiger charge is 2.44. The molecule has 2 aromatic carbocycles. The Labute approximate surface area is 194 Å². The number of nitro benzene ring substituents is 1. The first-order valence-corrected chi connectivity index (χ1v) is 12.0. The van der Waals surface area contributed by atoms with Gasteiger partial charge in [-0.15, -0.1) is 0 Å². The molecule has 5 rings (SSSR count). The molecule has 0 atom stereocenters. The molecule has 0 radical (unpaired) electrons. The zero-order valence-corrected chi connectivity index (χ0v) is 19.1. The molecule has 0 bridgehead atoms. The molecule has 3 aliphatic rings. The van der Waals surface area contributed by atoms with E-state index in [2.05, 4.69) is 29.3 Å². The second kappa shape index (κ2) is 8.69. The average Bonchev–Trinajstić information content (AvgIpc) is 3.51. The van der Waals surface area contributed by atoms with Gasteiger partial charge < -0.3 is 15.0 Å². The van der Waals surface area contributed by atoms with Crippen LogP contribution in [0.25, 0.3) is 0 Å². The Hall–Kier alpha value is -3.09. The molecule has 174 valence electrons. The van der Waals surface area contributed by atoms with Gasteiger partial charge in [-0.3, -0.25) is 14.9 Å². The maximum atomic E-state index is 12.9. The Morgan fingerprint density at radius 1 is 1.15 bits per heavy atom. The third kappa shape index (κ3) is 4.82. The number of hydrogen-bond donors (Lipinski definition) is 1. The van der Waals surface area contributed by atoms with Crippen molar-refractivity contribution in [1.82, 2.24) is 0 Å². The lowest BCUT2D eigenvalue weighted by Crippen LogP contribution is -2.35. The van der Waals surface area contributed by atoms with E-state index in [1.165, 1.54) is 37.3 Å². The van der Waals surface area contributed by atoms with Crippen LogP contribution in [-0.4, -0.2) is 30.0 Å². The van der Waals surface area contributed by atoms with Crippen LogP contribution in [0.3, 0.4) is 0 Å². The third-order valence-electron chi connectivity index (χ3n) is 7.50. The summed E-state index contributed by atoms with van der Waals surface area (Å²) in [5.74, 6) is 0.0834. The van der Waals surface area contributed by atoms with Crippen molar-refractivity contribution in [3.8, 4) is 5.75 Å². The van der Waals surface area contributed by atoms with Crippen LogP contribution >= 0.6 is 0 Å². The van der Waals surface area contributed by atoms with Crippen molar-refractivity contribution in [1.29, 1.82) is 0 Å². The highest BCUT2D eigenvalue weighted by atomic mass is 16.6. The van der Waals surface area contributed by atoms with Gasteiger partial charge in [0.25, 0.3) is 0 Å². The van der Waals surface area contributed by atoms with E-state index >= 15 is 0 Å². The minimum Gasteiger partial charge on any atom is -0.483 e. The molecule has 7 nitrogen and oxygen atoms in total. The highest BCUT2D eigenvalue weighted by molar-refractivity contribution is 5.93. The monoisotopic (exact) mass is 449 g/mol. The summed E-state index contributed by atoms with van der Waals surface area (Å²) < 4.78 is 5.82. The number of ether oxygens (including phenoxy) is 1. The van der Waals surface area contributed by atoms with E-state index in [1.807, 2.05) is 6.07 Å². The first-order chi connectivity index (χ1) is 15.9. The van der Waals surface area contributed by atoms with Crippen LogP contribution in [-0.2, 0) is 11.2 Å². The first kappa shape index (κ1) is 21.7. The summed E-state index contributed by atoms with van der Waals surface area (Å²) in [7, 11) is 0. The Bertz CT molecular complexity index is 1070. The molecule has 1 aliphatic heterocycles. The van der Waals surface area contributed by atoms with E-state index in [0.29, 0.717) is 11.1 Å². The molecular formula is C26H31N3O4. The van der Waals surface area contributed by atoms with E-state index in [0.717, 1.165) is 43.6 Å². The fourth-order valence-electron chi connectivity index (χ4n) is 4.90. The van der Waals surface area contributed by atoms with Crippen LogP contribution in [0.4, 0.5) is 17.1 Å². The second-order valence-electron chi connectivity index (χ2n) is 9.95. The number of hydrogen-bond acceptors (Lipinski definition) is 5. The summed E-state index contributed by atoms with van der Waals surface area (Å²) in [6.45, 7) is 4.17. The van der Waals surface area contributed by atoms with E-state index in [9.17, 15) is 14.9 Å². The van der Waals surface area contributed by atoms with Crippen LogP contribution in [0, 0.1) is 22.5 Å². The molecular weight excluding hydrogens is 418 g/mol. The number of nitrogens with zero attached hydrogens (tertiary/aromatic N) is 2. The average molecular weight is 450 g/mol. The molecule has 1 amide bonds. The lowest BCUT2D eigenvalue weighted by molar-refractivity contribution is -0.386. The van der Waals surface area contributed by atoms with Crippen molar-refractivity contribution in [2.24, 2.45) is 5.41 Å². The number of carbonyl (C=O) groups is 1. The molecule has 1 heterocycles. The third-order valence-corrected chi connectivity index (χ3v) is 7.50. The molecule has 1 spiro atoms. The van der Waals surface area contributed by atoms with Gasteiger partial charge in [0, 0.05) is 36.6 Å². The summed E-state index contributed by atoms with van der Waals surface area (Å²) in [4.78, 5) is 26.3. The number of rotatable bonds is 7. The number of amides is 1. The van der Waals surface area contributed by atoms with E-state index < -0.39 is 4.92 Å². The van der Waals surface area contributed by atoms with E-state index in [1.54, 1.807) is 12.1 Å². The van der Waals surface area contributed by atoms with Gasteiger partial charge in [-0.1, -0.05) is 12.1 Å². The second-order valence-corrected chi connectivity index (χ2v) is 9.95. The van der Waals surface area contributed by atoms with Crippen molar-refractivity contribution >= 4 is 23.0 Å². The van der Waals surface area contributed by atoms with E-state index in [4.69, 9.17) is 4.74 Å². The summed E-state index contributed by atoms with van der Waals surface area (Å²) in [5.41, 5.74) is 4.40. The van der Waals surface area contributed by atoms with Crippen molar-refractivity contribution in [2.45, 2.75) is 64.4 Å². The fourth-order valence-corrected chi connectivity index (χ4v) is 4.90. The number of anilines is 2.